The highest BCUT2D eigenvalue weighted by Gasteiger charge is 2.37. The van der Waals surface area contributed by atoms with Gasteiger partial charge in [0.25, 0.3) is 11.6 Å². The van der Waals surface area contributed by atoms with Crippen molar-refractivity contribution in [1.82, 2.24) is 19.6 Å². The molecule has 6 nitrogen and oxygen atoms in total. The highest BCUT2D eigenvalue weighted by atomic mass is 19.4. The number of aryl methyl sites for hydroxylation is 2. The maximum absolute atomic E-state index is 12.8. The number of aromatic nitrogens is 4. The van der Waals surface area contributed by atoms with Crippen molar-refractivity contribution in [2.45, 2.75) is 25.9 Å². The van der Waals surface area contributed by atoms with E-state index in [1.54, 1.807) is 25.1 Å². The molecule has 0 atom stereocenters. The quantitative estimate of drug-likeness (QED) is 0.710. The smallest absolute Gasteiger partial charge is 0.439 e. The average molecular weight is 348 g/mol. The molecule has 0 unspecified atom stereocenters. The van der Waals surface area contributed by atoms with Crippen molar-refractivity contribution in [2.75, 3.05) is 0 Å². The van der Waals surface area contributed by atoms with Crippen molar-refractivity contribution in [3.63, 3.8) is 0 Å². The summed E-state index contributed by atoms with van der Waals surface area (Å²) in [5, 5.41) is 3.44. The molecular formula is C16H11F3N4O2. The van der Waals surface area contributed by atoms with E-state index in [0.29, 0.717) is 29.8 Å². The molecule has 25 heavy (non-hydrogen) atoms. The van der Waals surface area contributed by atoms with E-state index in [4.69, 9.17) is 4.74 Å². The van der Waals surface area contributed by atoms with Crippen molar-refractivity contribution >= 4 is 11.6 Å². The van der Waals surface area contributed by atoms with E-state index in [9.17, 15) is 18.0 Å². The Kier molecular flexibility index (Phi) is 3.28. The van der Waals surface area contributed by atoms with Gasteiger partial charge in [0.15, 0.2) is 5.78 Å². The Morgan fingerprint density at radius 2 is 1.96 bits per heavy atom. The number of carbonyl (C=O) groups excluding carboxylic acids is 1. The predicted octanol–water partition coefficient (Wildman–Crippen LogP) is 3.37. The van der Waals surface area contributed by atoms with Crippen LogP contribution in [-0.2, 0) is 12.6 Å². The summed E-state index contributed by atoms with van der Waals surface area (Å²) in [6.45, 7) is 1.62. The fourth-order valence-corrected chi connectivity index (χ4v) is 2.76. The monoisotopic (exact) mass is 348 g/mol. The predicted molar refractivity (Wildman–Crippen MR) is 79.7 cm³/mol. The lowest BCUT2D eigenvalue weighted by molar-refractivity contribution is -0.144. The van der Waals surface area contributed by atoms with E-state index in [-0.39, 0.29) is 17.4 Å². The summed E-state index contributed by atoms with van der Waals surface area (Å²) in [7, 11) is 0. The van der Waals surface area contributed by atoms with E-state index >= 15 is 0 Å². The van der Waals surface area contributed by atoms with Gasteiger partial charge < -0.3 is 4.74 Å². The summed E-state index contributed by atoms with van der Waals surface area (Å²) < 4.78 is 45.1. The number of carbonyl (C=O) groups is 1. The lowest BCUT2D eigenvalue weighted by Crippen LogP contribution is -2.08. The summed E-state index contributed by atoms with van der Waals surface area (Å²) in [6.07, 6.45) is -3.60. The van der Waals surface area contributed by atoms with Crippen LogP contribution in [0.2, 0.25) is 0 Å². The Morgan fingerprint density at radius 3 is 2.72 bits per heavy atom. The third-order valence-electron chi connectivity index (χ3n) is 3.88. The first-order valence-electron chi connectivity index (χ1n) is 7.47. The number of hydrogen-bond donors (Lipinski definition) is 0. The molecule has 0 fully saturated rings. The van der Waals surface area contributed by atoms with Crippen LogP contribution in [-0.4, -0.2) is 25.4 Å². The molecule has 0 bridgehead atoms. The number of ketones is 1. The number of halogens is 3. The molecule has 1 aliphatic rings. The molecule has 0 amide bonds. The second kappa shape index (κ2) is 5.27. The Balaban J connectivity index is 1.76. The average Bonchev–Trinajstić information content (AvgIpc) is 3.11. The summed E-state index contributed by atoms with van der Waals surface area (Å²) in [6, 6.07) is 6.45. The first-order valence-corrected chi connectivity index (χ1v) is 7.47. The standard InChI is InChI=1S/C16H11F3N4O2/c1-8-6-13(23-15(20-8)21-14(22-23)16(17,18)19)25-10-3-4-11-9(7-10)2-5-12(11)24/h3-4,6-7H,2,5H2,1H3. The van der Waals surface area contributed by atoms with E-state index < -0.39 is 12.0 Å². The second-order valence-corrected chi connectivity index (χ2v) is 5.72. The zero-order chi connectivity index (χ0) is 17.8. The molecule has 1 aromatic carbocycles. The molecule has 3 aromatic rings. The van der Waals surface area contributed by atoms with Crippen LogP contribution in [0.3, 0.4) is 0 Å². The third-order valence-corrected chi connectivity index (χ3v) is 3.88. The molecule has 0 saturated heterocycles. The number of ether oxygens (including phenoxy) is 1. The summed E-state index contributed by atoms with van der Waals surface area (Å²) >= 11 is 0. The summed E-state index contributed by atoms with van der Waals surface area (Å²) in [4.78, 5) is 19.0. The van der Waals surface area contributed by atoms with E-state index in [0.717, 1.165) is 10.1 Å². The Morgan fingerprint density at radius 1 is 1.16 bits per heavy atom. The summed E-state index contributed by atoms with van der Waals surface area (Å²) in [5.74, 6) is -0.928. The number of alkyl halides is 3. The maximum atomic E-state index is 12.8. The van der Waals surface area contributed by atoms with Gasteiger partial charge in [-0.25, -0.2) is 4.98 Å². The van der Waals surface area contributed by atoms with E-state index in [2.05, 4.69) is 15.1 Å². The minimum atomic E-state index is -4.67. The number of hydrogen-bond acceptors (Lipinski definition) is 5. The molecule has 1 aliphatic carbocycles. The maximum Gasteiger partial charge on any atom is 0.453 e. The largest absolute Gasteiger partial charge is 0.453 e. The van der Waals surface area contributed by atoms with Crippen LogP contribution in [0.5, 0.6) is 11.6 Å². The molecule has 9 heteroatoms. The van der Waals surface area contributed by atoms with Gasteiger partial charge in [-0.2, -0.15) is 22.7 Å². The van der Waals surface area contributed by atoms with Crippen molar-refractivity contribution in [3.05, 3.63) is 46.9 Å². The SMILES string of the molecule is Cc1cc(Oc2ccc3c(c2)CCC3=O)n2nc(C(F)(F)F)nc2n1. The number of fused-ring (bicyclic) bond motifs is 2. The molecule has 0 radical (unpaired) electrons. The van der Waals surface area contributed by atoms with Gasteiger partial charge in [0.1, 0.15) is 5.75 Å². The molecule has 0 N–H and O–H groups in total. The number of benzene rings is 1. The van der Waals surface area contributed by atoms with Crippen LogP contribution in [0.4, 0.5) is 13.2 Å². The van der Waals surface area contributed by atoms with Gasteiger partial charge in [-0.1, -0.05) is 0 Å². The zero-order valence-electron chi connectivity index (χ0n) is 13.0. The molecule has 0 saturated carbocycles. The lowest BCUT2D eigenvalue weighted by atomic mass is 10.1. The molecular weight excluding hydrogens is 337 g/mol. The van der Waals surface area contributed by atoms with E-state index in [1.165, 1.54) is 6.07 Å². The number of rotatable bonds is 2. The molecule has 2 heterocycles. The molecule has 4 rings (SSSR count). The zero-order valence-corrected chi connectivity index (χ0v) is 13.0. The minimum Gasteiger partial charge on any atom is -0.439 e. The van der Waals surface area contributed by atoms with Gasteiger partial charge >= 0.3 is 6.18 Å². The highest BCUT2D eigenvalue weighted by molar-refractivity contribution is 6.00. The Hall–Kier alpha value is -2.97. The van der Waals surface area contributed by atoms with E-state index in [1.807, 2.05) is 0 Å². The topological polar surface area (TPSA) is 69.4 Å². The summed E-state index contributed by atoms with van der Waals surface area (Å²) in [5.41, 5.74) is 1.96. The van der Waals surface area contributed by atoms with Crippen LogP contribution < -0.4 is 4.74 Å². The van der Waals surface area contributed by atoms with Gasteiger partial charge in [-0.3, -0.25) is 4.79 Å². The number of Topliss-reactive ketones (excluding diaryl/α,β-unsaturated/α-hetero) is 1. The first-order chi connectivity index (χ1) is 11.8. The van der Waals surface area contributed by atoms with Gasteiger partial charge in [0.2, 0.25) is 5.88 Å². The van der Waals surface area contributed by atoms with Gasteiger partial charge in [-0.05, 0) is 37.1 Å². The van der Waals surface area contributed by atoms with Crippen LogP contribution >= 0.6 is 0 Å². The molecule has 0 spiro atoms. The van der Waals surface area contributed by atoms with Gasteiger partial charge in [0.05, 0.1) is 0 Å². The lowest BCUT2D eigenvalue weighted by Gasteiger charge is -2.09. The van der Waals surface area contributed by atoms with Crippen LogP contribution in [0.15, 0.2) is 24.3 Å². The Bertz CT molecular complexity index is 1010. The normalized spacial score (nSPS) is 14.2. The van der Waals surface area contributed by atoms with Gasteiger partial charge in [0, 0.05) is 23.7 Å². The molecule has 0 aliphatic heterocycles. The Labute approximate surface area is 139 Å². The van der Waals surface area contributed by atoms with Crippen LogP contribution in [0, 0.1) is 6.92 Å². The minimum absolute atomic E-state index is 0.0646. The fraction of sp³-hybridized carbons (Fsp3) is 0.250. The van der Waals surface area contributed by atoms with Crippen molar-refractivity contribution in [2.24, 2.45) is 0 Å². The van der Waals surface area contributed by atoms with Crippen molar-refractivity contribution in [3.8, 4) is 11.6 Å². The van der Waals surface area contributed by atoms with Crippen LogP contribution in [0.1, 0.15) is 33.9 Å². The third kappa shape index (κ3) is 2.71. The van der Waals surface area contributed by atoms with Crippen LogP contribution in [0.25, 0.3) is 5.78 Å². The number of nitrogens with zero attached hydrogens (tertiary/aromatic N) is 4. The first kappa shape index (κ1) is 15.6. The molecule has 128 valence electrons. The fourth-order valence-electron chi connectivity index (χ4n) is 2.76. The van der Waals surface area contributed by atoms with Crippen molar-refractivity contribution < 1.29 is 22.7 Å². The highest BCUT2D eigenvalue weighted by Crippen LogP contribution is 2.31. The van der Waals surface area contributed by atoms with Crippen molar-refractivity contribution in [1.29, 1.82) is 0 Å². The second-order valence-electron chi connectivity index (χ2n) is 5.72. The molecule has 2 aromatic heterocycles. The van der Waals surface area contributed by atoms with Gasteiger partial charge in [-0.15, -0.1) is 5.10 Å².